The van der Waals surface area contributed by atoms with Gasteiger partial charge in [0.2, 0.25) is 59.1 Å². The molecule has 1 aromatic rings. The molecule has 0 aliphatic carbocycles. The molecule has 0 fully saturated rings. The van der Waals surface area contributed by atoms with E-state index in [0.717, 1.165) is 6.92 Å². The largest absolute Gasteiger partial charge is 0.481 e. The van der Waals surface area contributed by atoms with E-state index in [1.807, 2.05) is 0 Å². The summed E-state index contributed by atoms with van der Waals surface area (Å²) in [7, 11) is 0. The van der Waals surface area contributed by atoms with Crippen LogP contribution in [0.4, 0.5) is 0 Å². The molecule has 0 saturated carbocycles. The Morgan fingerprint density at radius 3 is 1.55 bits per heavy atom. The van der Waals surface area contributed by atoms with Crippen molar-refractivity contribution < 1.29 is 83.1 Å². The van der Waals surface area contributed by atoms with Crippen molar-refractivity contribution in [3.63, 3.8) is 0 Å². The second kappa shape index (κ2) is 34.1. The molecule has 20 N–H and O–H groups in total. The molecular weight excluding hydrogens is 981 g/mol. The Labute approximate surface area is 426 Å². The van der Waals surface area contributed by atoms with Crippen LogP contribution >= 0.6 is 0 Å². The summed E-state index contributed by atoms with van der Waals surface area (Å²) in [5.74, 6) is -13.3. The average Bonchev–Trinajstić information content (AvgIpc) is 3.35. The van der Waals surface area contributed by atoms with Gasteiger partial charge in [0.15, 0.2) is 0 Å². The highest BCUT2D eigenvalue weighted by Gasteiger charge is 2.35. The van der Waals surface area contributed by atoms with Crippen molar-refractivity contribution in [1.29, 1.82) is 0 Å². The van der Waals surface area contributed by atoms with Crippen molar-refractivity contribution >= 4 is 71.0 Å². The lowest BCUT2D eigenvalue weighted by Gasteiger charge is -2.28. The van der Waals surface area contributed by atoms with E-state index in [4.69, 9.17) is 17.2 Å². The summed E-state index contributed by atoms with van der Waals surface area (Å²) >= 11 is 0. The number of carbonyl (C=O) groups is 12. The van der Waals surface area contributed by atoms with Crippen molar-refractivity contribution in [2.75, 3.05) is 32.8 Å². The number of carboxylic acid groups (broad SMARTS) is 2. The van der Waals surface area contributed by atoms with E-state index in [9.17, 15) is 83.1 Å². The van der Waals surface area contributed by atoms with Gasteiger partial charge < -0.3 is 90.6 Å². The van der Waals surface area contributed by atoms with Crippen LogP contribution in [-0.4, -0.2) is 184 Å². The smallest absolute Gasteiger partial charge is 0.326 e. The number of amides is 10. The first kappa shape index (κ1) is 64.7. The summed E-state index contributed by atoms with van der Waals surface area (Å²) in [5, 5.41) is 69.6. The summed E-state index contributed by atoms with van der Waals surface area (Å²) in [6.07, 6.45) is -2.76. The molecule has 0 bridgehead atoms. The minimum Gasteiger partial charge on any atom is -0.481 e. The number of carboxylic acids is 2. The van der Waals surface area contributed by atoms with Gasteiger partial charge in [-0.2, -0.15) is 0 Å². The molecule has 414 valence electrons. The van der Waals surface area contributed by atoms with Gasteiger partial charge in [-0.05, 0) is 57.1 Å². The van der Waals surface area contributed by atoms with Gasteiger partial charge in [-0.25, -0.2) is 4.79 Å². The van der Waals surface area contributed by atoms with Gasteiger partial charge in [0.05, 0.1) is 38.4 Å². The molecule has 29 heteroatoms. The number of aliphatic hydroxyl groups is 3. The third-order valence-corrected chi connectivity index (χ3v) is 11.2. The van der Waals surface area contributed by atoms with E-state index in [2.05, 4.69) is 47.9 Å². The number of primary amides is 1. The molecule has 10 atom stereocenters. The number of unbranched alkanes of at least 4 members (excludes halogenated alkanes) is 1. The van der Waals surface area contributed by atoms with E-state index in [1.54, 1.807) is 44.2 Å². The fourth-order valence-electron chi connectivity index (χ4n) is 6.61. The first-order valence-corrected chi connectivity index (χ1v) is 23.7. The number of hydrogen-bond acceptors (Lipinski definition) is 17. The lowest BCUT2D eigenvalue weighted by Crippen LogP contribution is -2.61. The predicted octanol–water partition coefficient (Wildman–Crippen LogP) is -7.06. The second-order valence-electron chi connectivity index (χ2n) is 17.2. The topological polar surface area (TPSA) is 492 Å². The SMILES string of the molecule is CCC(C)C(N)C(=O)NC(CO)C(=O)NCC(=O)NC(CCC(N)=O)C(=O)NCC(=O)NC(CO)C(=O)NC(Cc1ccccc1)C(=O)NC(C(=O)NC(CCC(=O)O)C(=O)NC(CCCCN)C(=O)O)C(C)O. The van der Waals surface area contributed by atoms with Crippen molar-refractivity contribution in [2.45, 2.75) is 133 Å². The van der Waals surface area contributed by atoms with Crippen LogP contribution in [0.1, 0.15) is 77.7 Å². The minimum absolute atomic E-state index is 0.0439. The van der Waals surface area contributed by atoms with Gasteiger partial charge in [0.1, 0.15) is 42.3 Å². The highest BCUT2D eigenvalue weighted by atomic mass is 16.4. The van der Waals surface area contributed by atoms with Crippen LogP contribution in [0.5, 0.6) is 0 Å². The summed E-state index contributed by atoms with van der Waals surface area (Å²) in [6, 6.07) is -4.40. The van der Waals surface area contributed by atoms with Crippen LogP contribution in [0.2, 0.25) is 0 Å². The zero-order valence-corrected chi connectivity index (χ0v) is 41.4. The number of rotatable bonds is 36. The van der Waals surface area contributed by atoms with Crippen LogP contribution < -0.4 is 65.1 Å². The van der Waals surface area contributed by atoms with Crippen LogP contribution in [0.15, 0.2) is 30.3 Å². The molecule has 10 amide bonds. The Kier molecular flexibility index (Phi) is 29.8. The molecule has 74 heavy (non-hydrogen) atoms. The number of nitrogens with one attached hydrogen (secondary N) is 9. The Morgan fingerprint density at radius 2 is 1.04 bits per heavy atom. The molecule has 1 aromatic carbocycles. The van der Waals surface area contributed by atoms with E-state index < -0.39 is 171 Å². The molecule has 0 aliphatic rings. The highest BCUT2D eigenvalue weighted by Crippen LogP contribution is 2.09. The normalized spacial score (nSPS) is 15.0. The van der Waals surface area contributed by atoms with Crippen molar-refractivity contribution in [3.8, 4) is 0 Å². The quantitative estimate of drug-likeness (QED) is 0.0278. The molecule has 0 radical (unpaired) electrons. The van der Waals surface area contributed by atoms with Gasteiger partial charge in [-0.15, -0.1) is 0 Å². The Bertz CT molecular complexity index is 2080. The molecule has 10 unspecified atom stereocenters. The van der Waals surface area contributed by atoms with Gasteiger partial charge in [-0.1, -0.05) is 50.6 Å². The number of carbonyl (C=O) groups excluding carboxylic acids is 10. The maximum absolute atomic E-state index is 13.9. The van der Waals surface area contributed by atoms with E-state index >= 15 is 0 Å². The fourth-order valence-corrected chi connectivity index (χ4v) is 6.61. The number of aliphatic hydroxyl groups excluding tert-OH is 3. The molecule has 0 spiro atoms. The van der Waals surface area contributed by atoms with Crippen LogP contribution in [0.25, 0.3) is 0 Å². The van der Waals surface area contributed by atoms with Gasteiger partial charge in [0.25, 0.3) is 0 Å². The number of aliphatic carboxylic acids is 2. The molecule has 0 saturated heterocycles. The highest BCUT2D eigenvalue weighted by molar-refractivity contribution is 5.98. The maximum Gasteiger partial charge on any atom is 0.326 e. The number of benzene rings is 1. The number of hydrogen-bond donors (Lipinski definition) is 17. The Balaban J connectivity index is 3.17. The van der Waals surface area contributed by atoms with Gasteiger partial charge >= 0.3 is 11.9 Å². The Hall–Kier alpha value is -7.34. The minimum atomic E-state index is -1.87. The third-order valence-electron chi connectivity index (χ3n) is 11.2. The standard InChI is InChI=1S/C45H72N12O17/c1-4-23(2)36(48)43(71)56-30(21-58)39(67)50-19-33(62)51-26(13-15-32(47)61)38(66)49-20-34(63)52-31(22-59)42(70)55-29(18-25-10-6-5-7-11-25)41(69)57-37(24(3)60)44(72)53-27(14-16-35(64)65)40(68)54-28(45(73)74)12-8-9-17-46/h5-7,10-11,23-24,26-31,36-37,58-60H,4,8-9,12-22,46,48H2,1-3H3,(H2,47,61)(H,49,66)(H,50,67)(H,51,62)(H,52,63)(H,53,72)(H,54,68)(H,55,70)(H,56,71)(H,57,69)(H,64,65)(H,73,74). The molecule has 0 heterocycles. The van der Waals surface area contributed by atoms with Crippen LogP contribution in [0, 0.1) is 5.92 Å². The lowest BCUT2D eigenvalue weighted by molar-refractivity contribution is -0.143. The third kappa shape index (κ3) is 24.4. The predicted molar refractivity (Wildman–Crippen MR) is 259 cm³/mol. The van der Waals surface area contributed by atoms with Crippen LogP contribution in [-0.2, 0) is 64.0 Å². The Morgan fingerprint density at radius 1 is 0.568 bits per heavy atom. The summed E-state index contributed by atoms with van der Waals surface area (Å²) in [6.45, 7) is 1.24. The van der Waals surface area contributed by atoms with E-state index in [1.165, 1.54) is 0 Å². The van der Waals surface area contributed by atoms with Crippen molar-refractivity contribution in [3.05, 3.63) is 35.9 Å². The maximum atomic E-state index is 13.9. The van der Waals surface area contributed by atoms with E-state index in [-0.39, 0.29) is 31.7 Å². The van der Waals surface area contributed by atoms with Gasteiger partial charge in [0, 0.05) is 19.3 Å². The zero-order chi connectivity index (χ0) is 56.1. The molecule has 0 aromatic heterocycles. The van der Waals surface area contributed by atoms with Crippen LogP contribution in [0.3, 0.4) is 0 Å². The lowest BCUT2D eigenvalue weighted by atomic mass is 9.99. The molecule has 29 nitrogen and oxygen atoms in total. The first-order chi connectivity index (χ1) is 34.9. The second-order valence-corrected chi connectivity index (χ2v) is 17.2. The molecular formula is C45H72N12O17. The molecule has 0 aliphatic heterocycles. The summed E-state index contributed by atoms with van der Waals surface area (Å²) in [4.78, 5) is 153. The van der Waals surface area contributed by atoms with E-state index in [0.29, 0.717) is 24.8 Å². The van der Waals surface area contributed by atoms with Gasteiger partial charge in [-0.3, -0.25) is 52.7 Å². The number of nitrogens with two attached hydrogens (primary N) is 3. The fraction of sp³-hybridized carbons (Fsp3) is 0.600. The zero-order valence-electron chi connectivity index (χ0n) is 41.4. The summed E-state index contributed by atoms with van der Waals surface area (Å²) in [5.41, 5.74) is 17.0. The average molecular weight is 1050 g/mol. The molecule has 1 rings (SSSR count). The summed E-state index contributed by atoms with van der Waals surface area (Å²) < 4.78 is 0. The van der Waals surface area contributed by atoms with Crippen molar-refractivity contribution in [1.82, 2.24) is 47.9 Å². The monoisotopic (exact) mass is 1050 g/mol. The van der Waals surface area contributed by atoms with Crippen molar-refractivity contribution in [2.24, 2.45) is 23.1 Å². The first-order valence-electron chi connectivity index (χ1n) is 23.7.